The molecule has 0 aliphatic rings. The zero-order chi connectivity index (χ0) is 19.5. The standard InChI is InChI=1S/C22H16ClN3O2/c23-16-12-10-15(11-13-16)14-24-21(27)20-18-8-4-5-9-19(18)22(28)26(25-20)17-6-2-1-3-7-17/h1-13H,14H2,(H,24,27). The zero-order valence-corrected chi connectivity index (χ0v) is 15.6. The molecule has 0 atom stereocenters. The first kappa shape index (κ1) is 17.9. The van der Waals surface area contributed by atoms with Gasteiger partial charge in [0, 0.05) is 17.0 Å². The molecular formula is C22H16ClN3O2. The summed E-state index contributed by atoms with van der Waals surface area (Å²) in [4.78, 5) is 25.7. The molecule has 4 aromatic rings. The van der Waals surface area contributed by atoms with Gasteiger partial charge in [0.1, 0.15) is 0 Å². The molecule has 4 rings (SSSR count). The van der Waals surface area contributed by atoms with Gasteiger partial charge in [-0.05, 0) is 35.9 Å². The Hall–Kier alpha value is -3.44. The first-order chi connectivity index (χ1) is 13.6. The van der Waals surface area contributed by atoms with Crippen molar-refractivity contribution in [2.45, 2.75) is 6.54 Å². The molecule has 0 aliphatic carbocycles. The molecule has 3 aromatic carbocycles. The molecule has 0 saturated heterocycles. The quantitative estimate of drug-likeness (QED) is 0.574. The number of nitrogens with one attached hydrogen (secondary N) is 1. The van der Waals surface area contributed by atoms with Crippen LogP contribution < -0.4 is 10.9 Å². The second kappa shape index (κ2) is 7.66. The number of para-hydroxylation sites is 1. The highest BCUT2D eigenvalue weighted by atomic mass is 35.5. The van der Waals surface area contributed by atoms with Crippen LogP contribution >= 0.6 is 11.6 Å². The molecular weight excluding hydrogens is 374 g/mol. The van der Waals surface area contributed by atoms with Crippen LogP contribution in [-0.2, 0) is 6.54 Å². The van der Waals surface area contributed by atoms with Gasteiger partial charge in [-0.15, -0.1) is 0 Å². The van der Waals surface area contributed by atoms with Gasteiger partial charge in [0.05, 0.1) is 11.1 Å². The molecule has 0 fully saturated rings. The fourth-order valence-electron chi connectivity index (χ4n) is 2.97. The van der Waals surface area contributed by atoms with E-state index in [0.717, 1.165) is 5.56 Å². The number of nitrogens with zero attached hydrogens (tertiary/aromatic N) is 2. The molecule has 0 bridgehead atoms. The average molecular weight is 390 g/mol. The van der Waals surface area contributed by atoms with E-state index in [-0.39, 0.29) is 17.2 Å². The highest BCUT2D eigenvalue weighted by Crippen LogP contribution is 2.16. The summed E-state index contributed by atoms with van der Waals surface area (Å²) in [7, 11) is 0. The van der Waals surface area contributed by atoms with E-state index in [1.807, 2.05) is 30.3 Å². The minimum absolute atomic E-state index is 0.202. The summed E-state index contributed by atoms with van der Waals surface area (Å²) in [6, 6.07) is 23.3. The molecule has 0 saturated carbocycles. The van der Waals surface area contributed by atoms with Crippen molar-refractivity contribution in [3.63, 3.8) is 0 Å². The van der Waals surface area contributed by atoms with Crippen LogP contribution in [0, 0.1) is 0 Å². The lowest BCUT2D eigenvalue weighted by Crippen LogP contribution is -2.29. The minimum atomic E-state index is -0.351. The monoisotopic (exact) mass is 389 g/mol. The average Bonchev–Trinajstić information content (AvgIpc) is 2.74. The van der Waals surface area contributed by atoms with Gasteiger partial charge in [0.2, 0.25) is 0 Å². The van der Waals surface area contributed by atoms with Gasteiger partial charge in [-0.1, -0.05) is 60.1 Å². The smallest absolute Gasteiger partial charge is 0.279 e. The van der Waals surface area contributed by atoms with E-state index >= 15 is 0 Å². The molecule has 0 radical (unpaired) electrons. The maximum absolute atomic E-state index is 12.9. The number of aromatic nitrogens is 2. The summed E-state index contributed by atoms with van der Waals surface area (Å²) in [5.74, 6) is -0.351. The van der Waals surface area contributed by atoms with Gasteiger partial charge in [0.15, 0.2) is 5.69 Å². The van der Waals surface area contributed by atoms with Crippen LogP contribution in [0.3, 0.4) is 0 Å². The number of hydrogen-bond acceptors (Lipinski definition) is 3. The van der Waals surface area contributed by atoms with Crippen LogP contribution in [-0.4, -0.2) is 15.7 Å². The number of fused-ring (bicyclic) bond motifs is 1. The normalized spacial score (nSPS) is 10.8. The Labute approximate surface area is 166 Å². The highest BCUT2D eigenvalue weighted by Gasteiger charge is 2.17. The largest absolute Gasteiger partial charge is 0.347 e. The third-order valence-electron chi connectivity index (χ3n) is 4.39. The number of hydrogen-bond donors (Lipinski definition) is 1. The van der Waals surface area contributed by atoms with Crippen LogP contribution in [0.1, 0.15) is 16.1 Å². The molecule has 0 unspecified atom stereocenters. The predicted octanol–water partition coefficient (Wildman–Crippen LogP) is 3.97. The Morgan fingerprint density at radius 2 is 1.54 bits per heavy atom. The molecule has 1 amide bonds. The Morgan fingerprint density at radius 1 is 0.893 bits per heavy atom. The maximum Gasteiger partial charge on any atom is 0.279 e. The van der Waals surface area contributed by atoms with Gasteiger partial charge in [-0.3, -0.25) is 9.59 Å². The van der Waals surface area contributed by atoms with E-state index < -0.39 is 0 Å². The molecule has 0 spiro atoms. The minimum Gasteiger partial charge on any atom is -0.347 e. The first-order valence-corrected chi connectivity index (χ1v) is 9.11. The van der Waals surface area contributed by atoms with Crippen LogP contribution in [0.25, 0.3) is 16.5 Å². The van der Waals surface area contributed by atoms with Crippen LogP contribution in [0.2, 0.25) is 5.02 Å². The van der Waals surface area contributed by atoms with Crippen molar-refractivity contribution >= 4 is 28.3 Å². The number of carbonyl (C=O) groups excluding carboxylic acids is 1. The second-order valence-electron chi connectivity index (χ2n) is 6.26. The lowest BCUT2D eigenvalue weighted by Gasteiger charge is -2.11. The lowest BCUT2D eigenvalue weighted by atomic mass is 10.1. The maximum atomic E-state index is 12.9. The Morgan fingerprint density at radius 3 is 2.25 bits per heavy atom. The molecule has 1 aromatic heterocycles. The number of halogens is 1. The van der Waals surface area contributed by atoms with Crippen molar-refractivity contribution < 1.29 is 4.79 Å². The summed E-state index contributed by atoms with van der Waals surface area (Å²) in [6.45, 7) is 0.330. The van der Waals surface area contributed by atoms with Crippen molar-refractivity contribution in [1.82, 2.24) is 15.1 Å². The highest BCUT2D eigenvalue weighted by molar-refractivity contribution is 6.30. The van der Waals surface area contributed by atoms with E-state index in [0.29, 0.717) is 28.0 Å². The zero-order valence-electron chi connectivity index (χ0n) is 14.8. The molecule has 1 N–H and O–H groups in total. The summed E-state index contributed by atoms with van der Waals surface area (Å²) in [5.41, 5.74) is 1.45. The fourth-order valence-corrected chi connectivity index (χ4v) is 3.10. The molecule has 28 heavy (non-hydrogen) atoms. The van der Waals surface area contributed by atoms with E-state index in [2.05, 4.69) is 10.4 Å². The third kappa shape index (κ3) is 3.52. The van der Waals surface area contributed by atoms with E-state index in [1.54, 1.807) is 48.5 Å². The molecule has 5 nitrogen and oxygen atoms in total. The van der Waals surface area contributed by atoms with Gasteiger partial charge >= 0.3 is 0 Å². The van der Waals surface area contributed by atoms with E-state index in [1.165, 1.54) is 4.68 Å². The van der Waals surface area contributed by atoms with Crippen molar-refractivity contribution in [3.05, 3.63) is 105 Å². The van der Waals surface area contributed by atoms with Gasteiger partial charge in [-0.2, -0.15) is 9.78 Å². The third-order valence-corrected chi connectivity index (χ3v) is 4.64. The van der Waals surface area contributed by atoms with Crippen molar-refractivity contribution in [2.75, 3.05) is 0 Å². The second-order valence-corrected chi connectivity index (χ2v) is 6.69. The van der Waals surface area contributed by atoms with Crippen LogP contribution in [0.15, 0.2) is 83.7 Å². The van der Waals surface area contributed by atoms with Gasteiger partial charge in [0.25, 0.3) is 11.5 Å². The van der Waals surface area contributed by atoms with Crippen molar-refractivity contribution in [1.29, 1.82) is 0 Å². The van der Waals surface area contributed by atoms with Crippen LogP contribution in [0.4, 0.5) is 0 Å². The first-order valence-electron chi connectivity index (χ1n) is 8.73. The van der Waals surface area contributed by atoms with Crippen molar-refractivity contribution in [2.24, 2.45) is 0 Å². The fraction of sp³-hybridized carbons (Fsp3) is 0.0455. The van der Waals surface area contributed by atoms with E-state index in [4.69, 9.17) is 11.6 Å². The Balaban J connectivity index is 1.75. The summed E-state index contributed by atoms with van der Waals surface area (Å²) in [5, 5.41) is 8.83. The predicted molar refractivity (Wildman–Crippen MR) is 110 cm³/mol. The molecule has 6 heteroatoms. The van der Waals surface area contributed by atoms with Gasteiger partial charge in [-0.25, -0.2) is 0 Å². The SMILES string of the molecule is O=C(NCc1ccc(Cl)cc1)c1nn(-c2ccccc2)c(=O)c2ccccc12. The van der Waals surface area contributed by atoms with Gasteiger partial charge < -0.3 is 5.32 Å². The summed E-state index contributed by atoms with van der Waals surface area (Å²) < 4.78 is 1.26. The number of benzene rings is 3. The number of rotatable bonds is 4. The van der Waals surface area contributed by atoms with E-state index in [9.17, 15) is 9.59 Å². The van der Waals surface area contributed by atoms with Crippen molar-refractivity contribution in [3.8, 4) is 5.69 Å². The molecule has 1 heterocycles. The Kier molecular flexibility index (Phi) is 4.91. The summed E-state index contributed by atoms with van der Waals surface area (Å²) in [6.07, 6.45) is 0. The topological polar surface area (TPSA) is 64.0 Å². The number of amides is 1. The summed E-state index contributed by atoms with van der Waals surface area (Å²) >= 11 is 5.90. The lowest BCUT2D eigenvalue weighted by molar-refractivity contribution is 0.0946. The number of carbonyl (C=O) groups is 1. The molecule has 0 aliphatic heterocycles. The Bertz CT molecular complexity index is 1200. The van der Waals surface area contributed by atoms with Crippen LogP contribution in [0.5, 0.6) is 0 Å². The molecule has 138 valence electrons.